The van der Waals surface area contributed by atoms with Gasteiger partial charge in [-0.2, -0.15) is 0 Å². The molecule has 29 heavy (non-hydrogen) atoms. The number of carbonyl (C=O) groups excluding carboxylic acids is 2. The maximum atomic E-state index is 12.3. The van der Waals surface area contributed by atoms with Crippen molar-refractivity contribution in [3.05, 3.63) is 80.9 Å². The van der Waals surface area contributed by atoms with Crippen molar-refractivity contribution in [1.29, 1.82) is 0 Å². The van der Waals surface area contributed by atoms with Crippen molar-refractivity contribution in [2.24, 2.45) is 0 Å². The van der Waals surface area contributed by atoms with Gasteiger partial charge in [0, 0.05) is 28.5 Å². The van der Waals surface area contributed by atoms with Gasteiger partial charge in [0.05, 0.1) is 18.0 Å². The summed E-state index contributed by atoms with van der Waals surface area (Å²) in [4.78, 5) is 39.6. The Morgan fingerprint density at radius 1 is 1.10 bits per heavy atom. The minimum Gasteiger partial charge on any atom is -0.442 e. The fourth-order valence-corrected chi connectivity index (χ4v) is 3.91. The Kier molecular flexibility index (Phi) is 5.18. The van der Waals surface area contributed by atoms with Gasteiger partial charge < -0.3 is 10.1 Å². The topological polar surface area (TPSA) is 80.6 Å². The van der Waals surface area contributed by atoms with Crippen LogP contribution in [0.3, 0.4) is 0 Å². The molecule has 2 amide bonds. The molecule has 1 aliphatic rings. The number of hydrogen-bond acceptors (Lipinski definition) is 5. The fourth-order valence-electron chi connectivity index (χ4n) is 3.12. The molecule has 1 atom stereocenters. The van der Waals surface area contributed by atoms with Crippen LogP contribution in [0, 0.1) is 6.92 Å². The molecule has 3 aromatic rings. The van der Waals surface area contributed by atoms with Crippen LogP contribution >= 0.6 is 11.3 Å². The number of amides is 2. The molecule has 0 bridgehead atoms. The lowest BCUT2D eigenvalue weighted by atomic mass is 10.2. The smallest absolute Gasteiger partial charge is 0.414 e. The molecule has 2 aromatic heterocycles. The first-order valence-corrected chi connectivity index (χ1v) is 9.94. The summed E-state index contributed by atoms with van der Waals surface area (Å²) in [6.07, 6.45) is 0.805. The quantitative estimate of drug-likeness (QED) is 0.703. The molecule has 8 heteroatoms. The molecule has 0 aliphatic carbocycles. The fraction of sp³-hybridized carbons (Fsp3) is 0.190. The van der Waals surface area contributed by atoms with Crippen LogP contribution in [0.4, 0.5) is 10.5 Å². The maximum Gasteiger partial charge on any atom is 0.414 e. The standard InChI is InChI=1S/C21H19N3O4S/c1-14-5-10-18(29-14)20(26)22-12-17-13-24(21(27)28-17)16-8-6-15(7-9-16)23-11-3-2-4-19(23)25/h2-11,17H,12-13H2,1H3,(H,22,26)/t17-/m0/s1. The second-order valence-corrected chi connectivity index (χ2v) is 7.95. The molecule has 3 heterocycles. The van der Waals surface area contributed by atoms with Crippen molar-refractivity contribution >= 4 is 29.0 Å². The molecule has 1 fully saturated rings. The first-order chi connectivity index (χ1) is 14.0. The van der Waals surface area contributed by atoms with Gasteiger partial charge in [0.25, 0.3) is 11.5 Å². The number of aryl methyl sites for hydroxylation is 1. The zero-order valence-corrected chi connectivity index (χ0v) is 16.5. The van der Waals surface area contributed by atoms with E-state index in [1.54, 1.807) is 48.7 Å². The molecule has 1 saturated heterocycles. The number of cyclic esters (lactones) is 1. The Morgan fingerprint density at radius 3 is 2.55 bits per heavy atom. The molecule has 0 radical (unpaired) electrons. The van der Waals surface area contributed by atoms with Crippen LogP contribution < -0.4 is 15.8 Å². The Balaban J connectivity index is 1.39. The lowest BCUT2D eigenvalue weighted by Crippen LogP contribution is -2.34. The lowest BCUT2D eigenvalue weighted by Gasteiger charge is -2.14. The molecule has 0 spiro atoms. The van der Waals surface area contributed by atoms with E-state index < -0.39 is 12.2 Å². The van der Waals surface area contributed by atoms with Crippen LogP contribution in [0.25, 0.3) is 5.69 Å². The van der Waals surface area contributed by atoms with Crippen molar-refractivity contribution in [3.8, 4) is 5.69 Å². The van der Waals surface area contributed by atoms with Crippen molar-refractivity contribution in [1.82, 2.24) is 9.88 Å². The molecular formula is C21H19N3O4S. The summed E-state index contributed by atoms with van der Waals surface area (Å²) < 4.78 is 6.90. The van der Waals surface area contributed by atoms with Crippen LogP contribution in [0.1, 0.15) is 14.5 Å². The number of carbonyl (C=O) groups is 2. The third-order valence-electron chi connectivity index (χ3n) is 4.59. The minimum atomic E-state index is -0.458. The monoisotopic (exact) mass is 409 g/mol. The average Bonchev–Trinajstić information content (AvgIpc) is 3.32. The van der Waals surface area contributed by atoms with Gasteiger partial charge in [0.15, 0.2) is 0 Å². The number of anilines is 1. The average molecular weight is 409 g/mol. The number of nitrogens with zero attached hydrogens (tertiary/aromatic N) is 2. The second kappa shape index (κ2) is 7.92. The predicted molar refractivity (Wildman–Crippen MR) is 111 cm³/mol. The third kappa shape index (κ3) is 4.07. The van der Waals surface area contributed by atoms with Gasteiger partial charge in [0.2, 0.25) is 0 Å². The van der Waals surface area contributed by atoms with E-state index in [1.807, 2.05) is 13.0 Å². The van der Waals surface area contributed by atoms with Gasteiger partial charge >= 0.3 is 6.09 Å². The summed E-state index contributed by atoms with van der Waals surface area (Å²) in [6.45, 7) is 2.53. The zero-order chi connectivity index (χ0) is 20.4. The lowest BCUT2D eigenvalue weighted by molar-refractivity contribution is 0.0920. The summed E-state index contributed by atoms with van der Waals surface area (Å²) in [5, 5.41) is 2.81. The van der Waals surface area contributed by atoms with Crippen LogP contribution in [0.2, 0.25) is 0 Å². The number of ether oxygens (including phenoxy) is 1. The Labute approximate surface area is 171 Å². The molecule has 0 saturated carbocycles. The number of thiophene rings is 1. The van der Waals surface area contributed by atoms with Gasteiger partial charge in [-0.05, 0) is 49.4 Å². The highest BCUT2D eigenvalue weighted by Gasteiger charge is 2.32. The Bertz CT molecular complexity index is 1100. The molecule has 0 unspecified atom stereocenters. The summed E-state index contributed by atoms with van der Waals surface area (Å²) in [6, 6.07) is 15.7. The van der Waals surface area contributed by atoms with Gasteiger partial charge in [-0.1, -0.05) is 6.07 Å². The first-order valence-electron chi connectivity index (χ1n) is 9.12. The van der Waals surface area contributed by atoms with E-state index in [9.17, 15) is 14.4 Å². The van der Waals surface area contributed by atoms with Crippen molar-refractivity contribution in [2.75, 3.05) is 18.0 Å². The van der Waals surface area contributed by atoms with Crippen LogP contribution in [0.15, 0.2) is 65.6 Å². The number of nitrogens with one attached hydrogen (secondary N) is 1. The normalized spacial score (nSPS) is 16.0. The summed E-state index contributed by atoms with van der Waals surface area (Å²) >= 11 is 1.42. The first kappa shape index (κ1) is 18.9. The second-order valence-electron chi connectivity index (χ2n) is 6.66. The highest BCUT2D eigenvalue weighted by Crippen LogP contribution is 2.23. The largest absolute Gasteiger partial charge is 0.442 e. The molecule has 1 N–H and O–H groups in total. The van der Waals surface area contributed by atoms with Crippen LogP contribution in [-0.2, 0) is 4.74 Å². The van der Waals surface area contributed by atoms with Crippen LogP contribution in [0.5, 0.6) is 0 Å². The van der Waals surface area contributed by atoms with Crippen LogP contribution in [-0.4, -0.2) is 35.8 Å². The highest BCUT2D eigenvalue weighted by atomic mass is 32.1. The van der Waals surface area contributed by atoms with E-state index in [4.69, 9.17) is 4.74 Å². The van der Waals surface area contributed by atoms with E-state index in [-0.39, 0.29) is 18.0 Å². The van der Waals surface area contributed by atoms with Gasteiger partial charge in [0.1, 0.15) is 6.10 Å². The third-order valence-corrected chi connectivity index (χ3v) is 5.59. The van der Waals surface area contributed by atoms with Gasteiger partial charge in [-0.25, -0.2) is 4.79 Å². The van der Waals surface area contributed by atoms with Crippen molar-refractivity contribution < 1.29 is 14.3 Å². The number of rotatable bonds is 5. The van der Waals surface area contributed by atoms with Crippen molar-refractivity contribution in [3.63, 3.8) is 0 Å². The Hall–Kier alpha value is -3.39. The zero-order valence-electron chi connectivity index (χ0n) is 15.7. The van der Waals surface area contributed by atoms with E-state index in [2.05, 4.69) is 5.32 Å². The number of pyridine rings is 1. The maximum absolute atomic E-state index is 12.3. The summed E-state index contributed by atoms with van der Waals surface area (Å²) in [5.41, 5.74) is 1.25. The van der Waals surface area contributed by atoms with E-state index in [1.165, 1.54) is 26.9 Å². The predicted octanol–water partition coefficient (Wildman–Crippen LogP) is 2.96. The molecule has 1 aliphatic heterocycles. The molecular weight excluding hydrogens is 390 g/mol. The molecule has 7 nitrogen and oxygen atoms in total. The number of hydrogen-bond donors (Lipinski definition) is 1. The van der Waals surface area contributed by atoms with Gasteiger partial charge in [-0.3, -0.25) is 19.1 Å². The number of benzene rings is 1. The van der Waals surface area contributed by atoms with Crippen molar-refractivity contribution in [2.45, 2.75) is 13.0 Å². The molecule has 1 aromatic carbocycles. The van der Waals surface area contributed by atoms with E-state index in [0.717, 1.165) is 4.88 Å². The SMILES string of the molecule is Cc1ccc(C(=O)NC[C@H]2CN(c3ccc(-n4ccccc4=O)cc3)C(=O)O2)s1. The minimum absolute atomic E-state index is 0.127. The molecule has 148 valence electrons. The highest BCUT2D eigenvalue weighted by molar-refractivity contribution is 7.13. The number of aromatic nitrogens is 1. The van der Waals surface area contributed by atoms with E-state index in [0.29, 0.717) is 22.8 Å². The Morgan fingerprint density at radius 2 is 1.86 bits per heavy atom. The molecule has 4 rings (SSSR count). The summed E-state index contributed by atoms with van der Waals surface area (Å²) in [5.74, 6) is -0.171. The summed E-state index contributed by atoms with van der Waals surface area (Å²) in [7, 11) is 0. The van der Waals surface area contributed by atoms with Gasteiger partial charge in [-0.15, -0.1) is 11.3 Å². The van der Waals surface area contributed by atoms with E-state index >= 15 is 0 Å².